The molecule has 3 aromatic heterocycles. The minimum Gasteiger partial charge on any atom is -0.369 e. The summed E-state index contributed by atoms with van der Waals surface area (Å²) in [6.45, 7) is 8.31. The van der Waals surface area contributed by atoms with E-state index in [1.54, 1.807) is 6.20 Å². The Kier molecular flexibility index (Phi) is 5.98. The number of amides is 1. The number of nitrogens with one attached hydrogen (secondary N) is 3. The molecular weight excluding hydrogens is 354 g/mol. The van der Waals surface area contributed by atoms with E-state index < -0.39 is 0 Å². The summed E-state index contributed by atoms with van der Waals surface area (Å²) in [6, 6.07) is 5.50. The number of carbonyl (C=O) groups is 1. The average molecular weight is 379 g/mol. The van der Waals surface area contributed by atoms with Crippen molar-refractivity contribution in [3.8, 4) is 0 Å². The van der Waals surface area contributed by atoms with Crippen molar-refractivity contribution in [3.05, 3.63) is 64.6 Å². The van der Waals surface area contributed by atoms with E-state index in [1.165, 1.54) is 0 Å². The van der Waals surface area contributed by atoms with Gasteiger partial charge >= 0.3 is 0 Å². The first-order valence-corrected chi connectivity index (χ1v) is 9.25. The third kappa shape index (κ3) is 4.70. The summed E-state index contributed by atoms with van der Waals surface area (Å²) < 4.78 is 0. The molecule has 1 atom stereocenters. The molecule has 28 heavy (non-hydrogen) atoms. The topological polar surface area (TPSA) is 108 Å². The molecule has 3 rings (SSSR count). The van der Waals surface area contributed by atoms with E-state index in [9.17, 15) is 4.79 Å². The van der Waals surface area contributed by atoms with E-state index in [1.807, 2.05) is 52.1 Å². The Morgan fingerprint density at radius 3 is 2.71 bits per heavy atom. The molecule has 0 saturated carbocycles. The van der Waals surface area contributed by atoms with Crippen molar-refractivity contribution in [1.29, 1.82) is 0 Å². The van der Waals surface area contributed by atoms with Gasteiger partial charge < -0.3 is 10.6 Å². The van der Waals surface area contributed by atoms with E-state index in [0.29, 0.717) is 12.4 Å². The molecule has 8 heteroatoms. The minimum absolute atomic E-state index is 0.147. The van der Waals surface area contributed by atoms with Gasteiger partial charge in [-0.1, -0.05) is 6.07 Å². The van der Waals surface area contributed by atoms with Crippen molar-refractivity contribution in [1.82, 2.24) is 30.5 Å². The number of H-pyrrole nitrogens is 1. The Hall–Kier alpha value is -3.29. The number of aromatic nitrogens is 5. The second-order valence-electron chi connectivity index (χ2n) is 6.79. The van der Waals surface area contributed by atoms with Crippen LogP contribution in [0.5, 0.6) is 0 Å². The quantitative estimate of drug-likeness (QED) is 0.582. The molecule has 0 aliphatic heterocycles. The highest BCUT2D eigenvalue weighted by Crippen LogP contribution is 2.16. The fourth-order valence-electron chi connectivity index (χ4n) is 2.78. The smallest absolute Gasteiger partial charge is 0.289 e. The third-order valence-electron chi connectivity index (χ3n) is 4.55. The molecule has 1 amide bonds. The molecule has 0 spiro atoms. The Balaban J connectivity index is 1.70. The van der Waals surface area contributed by atoms with Gasteiger partial charge in [0.2, 0.25) is 5.82 Å². The zero-order valence-electron chi connectivity index (χ0n) is 16.6. The van der Waals surface area contributed by atoms with Gasteiger partial charge in [-0.2, -0.15) is 5.10 Å². The fraction of sp³-hybridized carbons (Fsp3) is 0.350. The molecule has 3 heterocycles. The second kappa shape index (κ2) is 8.60. The standard InChI is InChI=1S/C20H25N7O/c1-12-6-5-7-17(24-12)15(4)26-20(28)19-25-14(3)13(2)18(27-19)21-9-8-16-10-22-23-11-16/h5-7,10-11,15H,8-9H2,1-4H3,(H,22,23)(H,26,28)(H,21,25,27). The monoisotopic (exact) mass is 379 g/mol. The average Bonchev–Trinajstić information content (AvgIpc) is 3.18. The maximum Gasteiger partial charge on any atom is 0.289 e. The van der Waals surface area contributed by atoms with Crippen LogP contribution in [0, 0.1) is 20.8 Å². The number of pyridine rings is 1. The molecule has 3 aromatic rings. The SMILES string of the molecule is Cc1cccc(C(C)NC(=O)c2nc(C)c(C)c(NCCc3cn[nH]c3)n2)n1. The van der Waals surface area contributed by atoms with Crippen LogP contribution in [0.4, 0.5) is 5.82 Å². The number of anilines is 1. The van der Waals surface area contributed by atoms with E-state index >= 15 is 0 Å². The van der Waals surface area contributed by atoms with Gasteiger partial charge in [0, 0.05) is 29.7 Å². The molecule has 8 nitrogen and oxygen atoms in total. The molecule has 0 saturated heterocycles. The minimum atomic E-state index is -0.322. The van der Waals surface area contributed by atoms with Gasteiger partial charge in [-0.3, -0.25) is 14.9 Å². The van der Waals surface area contributed by atoms with Gasteiger partial charge in [0.25, 0.3) is 5.91 Å². The van der Waals surface area contributed by atoms with Crippen molar-refractivity contribution < 1.29 is 4.79 Å². The van der Waals surface area contributed by atoms with E-state index in [4.69, 9.17) is 0 Å². The maximum atomic E-state index is 12.7. The first-order valence-electron chi connectivity index (χ1n) is 9.25. The van der Waals surface area contributed by atoms with Crippen LogP contribution < -0.4 is 10.6 Å². The predicted octanol–water partition coefficient (Wildman–Crippen LogP) is 2.67. The number of hydrogen-bond donors (Lipinski definition) is 3. The molecule has 0 radical (unpaired) electrons. The molecule has 3 N–H and O–H groups in total. The van der Waals surface area contributed by atoms with Gasteiger partial charge in [0.1, 0.15) is 5.82 Å². The Morgan fingerprint density at radius 2 is 2.00 bits per heavy atom. The largest absolute Gasteiger partial charge is 0.369 e. The number of nitrogens with zero attached hydrogens (tertiary/aromatic N) is 4. The number of aromatic amines is 1. The second-order valence-corrected chi connectivity index (χ2v) is 6.79. The summed E-state index contributed by atoms with van der Waals surface area (Å²) in [5, 5.41) is 13.0. The Labute approximate surface area is 164 Å². The zero-order valence-corrected chi connectivity index (χ0v) is 16.6. The normalized spacial score (nSPS) is 11.9. The van der Waals surface area contributed by atoms with Gasteiger partial charge in [-0.25, -0.2) is 9.97 Å². The summed E-state index contributed by atoms with van der Waals surface area (Å²) in [5.41, 5.74) is 4.51. The molecule has 0 aliphatic rings. The van der Waals surface area contributed by atoms with Crippen LogP contribution in [0.15, 0.2) is 30.6 Å². The maximum absolute atomic E-state index is 12.7. The zero-order chi connectivity index (χ0) is 20.1. The van der Waals surface area contributed by atoms with Crippen LogP contribution in [0.3, 0.4) is 0 Å². The van der Waals surface area contributed by atoms with Crippen LogP contribution >= 0.6 is 0 Å². The molecule has 0 aliphatic carbocycles. The molecule has 146 valence electrons. The number of aryl methyl sites for hydroxylation is 2. The van der Waals surface area contributed by atoms with Gasteiger partial charge in [-0.05, 0) is 51.8 Å². The third-order valence-corrected chi connectivity index (χ3v) is 4.55. The summed E-state index contributed by atoms with van der Waals surface area (Å²) in [4.78, 5) is 25.9. The fourth-order valence-corrected chi connectivity index (χ4v) is 2.78. The molecule has 0 bridgehead atoms. The Morgan fingerprint density at radius 1 is 1.18 bits per heavy atom. The van der Waals surface area contributed by atoms with Crippen molar-refractivity contribution in [2.75, 3.05) is 11.9 Å². The lowest BCUT2D eigenvalue weighted by Crippen LogP contribution is -2.29. The highest BCUT2D eigenvalue weighted by molar-refractivity contribution is 5.91. The summed E-state index contributed by atoms with van der Waals surface area (Å²) in [5.74, 6) is 0.493. The van der Waals surface area contributed by atoms with Gasteiger partial charge in [0.05, 0.1) is 17.9 Å². The van der Waals surface area contributed by atoms with Crippen LogP contribution in [0.1, 0.15) is 51.8 Å². The summed E-state index contributed by atoms with van der Waals surface area (Å²) >= 11 is 0. The number of rotatable bonds is 7. The lowest BCUT2D eigenvalue weighted by Gasteiger charge is -2.15. The van der Waals surface area contributed by atoms with Crippen LogP contribution in [-0.4, -0.2) is 37.6 Å². The van der Waals surface area contributed by atoms with Crippen LogP contribution in [-0.2, 0) is 6.42 Å². The van der Waals surface area contributed by atoms with Crippen molar-refractivity contribution in [2.24, 2.45) is 0 Å². The predicted molar refractivity (Wildman–Crippen MR) is 107 cm³/mol. The van der Waals surface area contributed by atoms with Crippen LogP contribution in [0.25, 0.3) is 0 Å². The van der Waals surface area contributed by atoms with E-state index in [-0.39, 0.29) is 17.8 Å². The van der Waals surface area contributed by atoms with Crippen molar-refractivity contribution in [2.45, 2.75) is 40.2 Å². The molecule has 1 unspecified atom stereocenters. The Bertz CT molecular complexity index is 953. The van der Waals surface area contributed by atoms with Crippen LogP contribution in [0.2, 0.25) is 0 Å². The number of hydrogen-bond acceptors (Lipinski definition) is 6. The van der Waals surface area contributed by atoms with Gasteiger partial charge in [0.15, 0.2) is 0 Å². The first kappa shape index (κ1) is 19.5. The summed E-state index contributed by atoms with van der Waals surface area (Å²) in [6.07, 6.45) is 4.45. The van der Waals surface area contributed by atoms with E-state index in [0.717, 1.165) is 34.6 Å². The molecule has 0 fully saturated rings. The van der Waals surface area contributed by atoms with E-state index in [2.05, 4.69) is 35.8 Å². The highest BCUT2D eigenvalue weighted by Gasteiger charge is 2.17. The highest BCUT2D eigenvalue weighted by atomic mass is 16.2. The molecular formula is C20H25N7O. The van der Waals surface area contributed by atoms with Gasteiger partial charge in [-0.15, -0.1) is 0 Å². The lowest BCUT2D eigenvalue weighted by molar-refractivity contribution is 0.0928. The van der Waals surface area contributed by atoms with Crippen molar-refractivity contribution >= 4 is 11.7 Å². The lowest BCUT2D eigenvalue weighted by atomic mass is 10.2. The first-order chi connectivity index (χ1) is 13.4. The molecule has 0 aromatic carbocycles. The van der Waals surface area contributed by atoms with Crippen molar-refractivity contribution in [3.63, 3.8) is 0 Å². The number of carbonyl (C=O) groups excluding carboxylic acids is 1. The summed E-state index contributed by atoms with van der Waals surface area (Å²) in [7, 11) is 0.